The summed E-state index contributed by atoms with van der Waals surface area (Å²) < 4.78 is 19.6. The third-order valence-corrected chi connectivity index (χ3v) is 7.10. The molecular formula is C24H30FN5O. The van der Waals surface area contributed by atoms with Crippen LogP contribution in [0.1, 0.15) is 56.6 Å². The Balaban J connectivity index is 1.33. The number of methoxy groups -OCH3 is 1. The maximum Gasteiger partial charge on any atom is 0.149 e. The van der Waals surface area contributed by atoms with E-state index in [0.717, 1.165) is 63.1 Å². The second kappa shape index (κ2) is 8.91. The minimum Gasteiger partial charge on any atom is -0.385 e. The highest BCUT2D eigenvalue weighted by Gasteiger charge is 2.40. The normalized spacial score (nSPS) is 29.9. The molecule has 2 aliphatic carbocycles. The molecule has 1 aromatic heterocycles. The molecule has 1 fully saturated rings. The van der Waals surface area contributed by atoms with E-state index in [1.54, 1.807) is 19.4 Å². The predicted octanol–water partition coefficient (Wildman–Crippen LogP) is 4.43. The van der Waals surface area contributed by atoms with E-state index in [1.807, 2.05) is 12.5 Å². The number of aromatic nitrogens is 1. The van der Waals surface area contributed by atoms with Crippen molar-refractivity contribution in [3.8, 4) is 0 Å². The number of nitrogens with zero attached hydrogens (tertiary/aromatic N) is 5. The molecule has 0 saturated heterocycles. The third kappa shape index (κ3) is 3.91. The Kier molecular flexibility index (Phi) is 5.85. The van der Waals surface area contributed by atoms with Gasteiger partial charge in [-0.2, -0.15) is 5.10 Å². The Labute approximate surface area is 183 Å². The molecule has 1 saturated carbocycles. The SMILES string of the molecule is COCCC1C2CCC=CC2=NC=C2N1C=NN2C1CCC(c2ncccc2F)CC1. The topological polar surface area (TPSA) is 53.3 Å². The zero-order valence-corrected chi connectivity index (χ0v) is 18.0. The van der Waals surface area contributed by atoms with Crippen molar-refractivity contribution in [2.45, 2.75) is 62.9 Å². The Morgan fingerprint density at radius 3 is 2.87 bits per heavy atom. The largest absolute Gasteiger partial charge is 0.385 e. The van der Waals surface area contributed by atoms with Crippen LogP contribution in [0.5, 0.6) is 0 Å². The maximum absolute atomic E-state index is 14.2. The van der Waals surface area contributed by atoms with E-state index in [0.29, 0.717) is 23.7 Å². The quantitative estimate of drug-likeness (QED) is 0.703. The number of aliphatic imine (C=N–C) groups is 1. The predicted molar refractivity (Wildman–Crippen MR) is 119 cm³/mol. The Bertz CT molecular complexity index is 918. The van der Waals surface area contributed by atoms with E-state index in [-0.39, 0.29) is 11.7 Å². The molecule has 0 N–H and O–H groups in total. The zero-order valence-electron chi connectivity index (χ0n) is 18.0. The van der Waals surface area contributed by atoms with Gasteiger partial charge in [0.05, 0.1) is 17.9 Å². The molecule has 164 valence electrons. The van der Waals surface area contributed by atoms with E-state index >= 15 is 0 Å². The van der Waals surface area contributed by atoms with Crippen molar-refractivity contribution in [3.63, 3.8) is 0 Å². The molecule has 7 heteroatoms. The van der Waals surface area contributed by atoms with Crippen LogP contribution in [0.3, 0.4) is 0 Å². The number of pyridine rings is 1. The number of hydrogen-bond acceptors (Lipinski definition) is 6. The molecule has 0 aromatic carbocycles. The van der Waals surface area contributed by atoms with E-state index in [9.17, 15) is 4.39 Å². The smallest absolute Gasteiger partial charge is 0.149 e. The molecule has 5 rings (SSSR count). The molecule has 6 nitrogen and oxygen atoms in total. The minimum absolute atomic E-state index is 0.185. The summed E-state index contributed by atoms with van der Waals surface area (Å²) in [5.41, 5.74) is 1.78. The van der Waals surface area contributed by atoms with Crippen LogP contribution < -0.4 is 0 Å². The molecule has 2 unspecified atom stereocenters. The molecule has 1 aromatic rings. The summed E-state index contributed by atoms with van der Waals surface area (Å²) >= 11 is 0. The van der Waals surface area contributed by atoms with Crippen LogP contribution in [0.25, 0.3) is 0 Å². The number of allylic oxidation sites excluding steroid dienone is 2. The van der Waals surface area contributed by atoms with Crippen molar-refractivity contribution >= 4 is 12.1 Å². The molecule has 0 amide bonds. The lowest BCUT2D eigenvalue weighted by atomic mass is 9.83. The standard InChI is InChI=1S/C24H30FN5O/c1-31-14-12-22-19-5-2-3-7-21(19)27-15-23-29(22)16-28-30(23)18-10-8-17(9-11-18)24-20(25)6-4-13-26-24/h3-4,6-7,13,15-19,22H,2,5,8-12,14H2,1H3. The van der Waals surface area contributed by atoms with Gasteiger partial charge in [-0.3, -0.25) is 9.98 Å². The van der Waals surface area contributed by atoms with Crippen LogP contribution in [-0.2, 0) is 4.74 Å². The second-order valence-corrected chi connectivity index (χ2v) is 8.83. The van der Waals surface area contributed by atoms with Crippen molar-refractivity contribution in [1.29, 1.82) is 0 Å². The van der Waals surface area contributed by atoms with Crippen molar-refractivity contribution in [2.75, 3.05) is 13.7 Å². The zero-order chi connectivity index (χ0) is 21.2. The van der Waals surface area contributed by atoms with Crippen LogP contribution in [0.2, 0.25) is 0 Å². The van der Waals surface area contributed by atoms with Crippen molar-refractivity contribution in [3.05, 3.63) is 54.0 Å². The molecule has 0 radical (unpaired) electrons. The number of ether oxygens (including phenoxy) is 1. The lowest BCUT2D eigenvalue weighted by Gasteiger charge is -2.37. The van der Waals surface area contributed by atoms with Gasteiger partial charge in [0, 0.05) is 43.5 Å². The van der Waals surface area contributed by atoms with Gasteiger partial charge in [-0.1, -0.05) is 6.08 Å². The van der Waals surface area contributed by atoms with Crippen molar-refractivity contribution in [1.82, 2.24) is 14.9 Å². The fourth-order valence-electron chi connectivity index (χ4n) is 5.49. The summed E-state index contributed by atoms with van der Waals surface area (Å²) in [6, 6.07) is 3.77. The van der Waals surface area contributed by atoms with E-state index in [1.165, 1.54) is 6.07 Å². The average Bonchev–Trinajstić information content (AvgIpc) is 3.16. The number of halogens is 1. The summed E-state index contributed by atoms with van der Waals surface area (Å²) in [5.74, 6) is 1.45. The molecule has 4 aliphatic rings. The molecule has 2 aliphatic heterocycles. The van der Waals surface area contributed by atoms with Crippen LogP contribution >= 0.6 is 0 Å². The molecule has 0 spiro atoms. The second-order valence-electron chi connectivity index (χ2n) is 8.83. The van der Waals surface area contributed by atoms with Crippen LogP contribution in [0, 0.1) is 11.7 Å². The monoisotopic (exact) mass is 423 g/mol. The van der Waals surface area contributed by atoms with Crippen LogP contribution in [0.4, 0.5) is 4.39 Å². The van der Waals surface area contributed by atoms with Gasteiger partial charge in [-0.05, 0) is 63.2 Å². The van der Waals surface area contributed by atoms with Gasteiger partial charge >= 0.3 is 0 Å². The number of hydrogen-bond donors (Lipinski definition) is 0. The maximum atomic E-state index is 14.2. The Morgan fingerprint density at radius 2 is 2.06 bits per heavy atom. The molecule has 0 bridgehead atoms. The highest BCUT2D eigenvalue weighted by atomic mass is 19.1. The van der Waals surface area contributed by atoms with Crippen LogP contribution in [-0.4, -0.2) is 52.7 Å². The van der Waals surface area contributed by atoms with Gasteiger partial charge in [0.2, 0.25) is 0 Å². The van der Waals surface area contributed by atoms with Gasteiger partial charge < -0.3 is 9.64 Å². The number of fused-ring (bicyclic) bond motifs is 2. The number of rotatable bonds is 5. The summed E-state index contributed by atoms with van der Waals surface area (Å²) in [5, 5.41) is 6.95. The summed E-state index contributed by atoms with van der Waals surface area (Å²) in [6.45, 7) is 0.719. The fraction of sp³-hybridized carbons (Fsp3) is 0.542. The first-order chi connectivity index (χ1) is 15.3. The molecule has 2 atom stereocenters. The van der Waals surface area contributed by atoms with Gasteiger partial charge in [0.1, 0.15) is 18.0 Å². The summed E-state index contributed by atoms with van der Waals surface area (Å²) in [6.07, 6.45) is 17.0. The summed E-state index contributed by atoms with van der Waals surface area (Å²) in [4.78, 5) is 11.5. The van der Waals surface area contributed by atoms with E-state index in [2.05, 4.69) is 27.0 Å². The minimum atomic E-state index is -0.185. The highest BCUT2D eigenvalue weighted by Crippen LogP contribution is 2.39. The lowest BCUT2D eigenvalue weighted by Crippen LogP contribution is -2.43. The molecule has 31 heavy (non-hydrogen) atoms. The Hall–Kier alpha value is -2.54. The van der Waals surface area contributed by atoms with Gasteiger partial charge in [0.25, 0.3) is 0 Å². The van der Waals surface area contributed by atoms with Gasteiger partial charge in [-0.15, -0.1) is 0 Å². The first kappa shape index (κ1) is 20.4. The first-order valence-electron chi connectivity index (χ1n) is 11.4. The third-order valence-electron chi connectivity index (χ3n) is 7.10. The Morgan fingerprint density at radius 1 is 1.19 bits per heavy atom. The van der Waals surface area contributed by atoms with Gasteiger partial charge in [0.15, 0.2) is 0 Å². The lowest BCUT2D eigenvalue weighted by molar-refractivity contribution is 0.137. The van der Waals surface area contributed by atoms with E-state index < -0.39 is 0 Å². The van der Waals surface area contributed by atoms with Crippen LogP contribution in [0.15, 0.2) is 52.6 Å². The van der Waals surface area contributed by atoms with Crippen molar-refractivity contribution in [2.24, 2.45) is 16.0 Å². The first-order valence-corrected chi connectivity index (χ1v) is 11.4. The van der Waals surface area contributed by atoms with Gasteiger partial charge in [-0.25, -0.2) is 9.40 Å². The average molecular weight is 424 g/mol. The highest BCUT2D eigenvalue weighted by molar-refractivity contribution is 5.99. The number of hydrazone groups is 1. The van der Waals surface area contributed by atoms with Crippen molar-refractivity contribution < 1.29 is 9.13 Å². The van der Waals surface area contributed by atoms with E-state index in [4.69, 9.17) is 14.8 Å². The summed E-state index contributed by atoms with van der Waals surface area (Å²) in [7, 11) is 1.76. The molecular weight excluding hydrogens is 393 g/mol. The fourth-order valence-corrected chi connectivity index (χ4v) is 5.49. The molecule has 3 heterocycles.